The number of sulfonamides is 2. The van der Waals surface area contributed by atoms with Crippen LogP contribution < -0.4 is 9.86 Å². The molecule has 0 saturated carbocycles. The summed E-state index contributed by atoms with van der Waals surface area (Å²) in [7, 11) is -11.5. The SMILES string of the molecule is CC(NS(=O)(=O)CS(C)(=O)=O)c1ccc(S(N)(=O)=O)cc1. The average molecular weight is 356 g/mol. The second-order valence-electron chi connectivity index (χ2n) is 4.61. The molecule has 1 rings (SSSR count). The second kappa shape index (κ2) is 6.01. The van der Waals surface area contributed by atoms with E-state index in [4.69, 9.17) is 5.14 Å². The fourth-order valence-electron chi connectivity index (χ4n) is 1.60. The van der Waals surface area contributed by atoms with Crippen molar-refractivity contribution < 1.29 is 25.3 Å². The molecule has 0 saturated heterocycles. The van der Waals surface area contributed by atoms with Crippen LogP contribution >= 0.6 is 0 Å². The molecule has 3 N–H and O–H groups in total. The Morgan fingerprint density at radius 3 is 1.90 bits per heavy atom. The Balaban J connectivity index is 2.93. The van der Waals surface area contributed by atoms with E-state index in [0.29, 0.717) is 5.56 Å². The molecule has 0 fully saturated rings. The standard InChI is InChI=1S/C10H16N2O6S3/c1-8(12-20(15,16)7-19(2,13)14)9-3-5-10(6-4-9)21(11,17)18/h3-6,8,12H,7H2,1-2H3,(H2,11,17,18). The van der Waals surface area contributed by atoms with Crippen LogP contribution in [0, 0.1) is 0 Å². The molecule has 0 aromatic heterocycles. The number of nitrogens with two attached hydrogens (primary N) is 1. The van der Waals surface area contributed by atoms with Crippen LogP contribution in [0.4, 0.5) is 0 Å². The lowest BCUT2D eigenvalue weighted by Gasteiger charge is -2.14. The van der Waals surface area contributed by atoms with Gasteiger partial charge in [0.1, 0.15) is 0 Å². The molecule has 11 heteroatoms. The van der Waals surface area contributed by atoms with Gasteiger partial charge in [-0.2, -0.15) is 0 Å². The number of nitrogens with one attached hydrogen (secondary N) is 1. The van der Waals surface area contributed by atoms with E-state index in [1.807, 2.05) is 0 Å². The van der Waals surface area contributed by atoms with Gasteiger partial charge in [0, 0.05) is 12.3 Å². The van der Waals surface area contributed by atoms with Gasteiger partial charge >= 0.3 is 0 Å². The highest BCUT2D eigenvalue weighted by atomic mass is 32.3. The van der Waals surface area contributed by atoms with Crippen LogP contribution in [0.15, 0.2) is 29.2 Å². The van der Waals surface area contributed by atoms with E-state index in [1.54, 1.807) is 0 Å². The zero-order chi connectivity index (χ0) is 16.5. The van der Waals surface area contributed by atoms with Crippen molar-refractivity contribution >= 4 is 29.9 Å². The summed E-state index contributed by atoms with van der Waals surface area (Å²) in [6.07, 6.45) is 0.817. The molecule has 1 aromatic rings. The van der Waals surface area contributed by atoms with Gasteiger partial charge < -0.3 is 0 Å². The van der Waals surface area contributed by atoms with E-state index in [2.05, 4.69) is 4.72 Å². The number of sulfone groups is 1. The number of hydrogen-bond donors (Lipinski definition) is 2. The minimum atomic E-state index is -4.01. The zero-order valence-electron chi connectivity index (χ0n) is 11.3. The molecule has 21 heavy (non-hydrogen) atoms. The van der Waals surface area contributed by atoms with Crippen LogP contribution in [0.5, 0.6) is 0 Å². The van der Waals surface area contributed by atoms with E-state index < -0.39 is 41.0 Å². The summed E-state index contributed by atoms with van der Waals surface area (Å²) >= 11 is 0. The molecule has 1 atom stereocenters. The van der Waals surface area contributed by atoms with Crippen LogP contribution in [-0.2, 0) is 29.9 Å². The Labute approximate surface area is 124 Å². The van der Waals surface area contributed by atoms with Crippen LogP contribution in [0.2, 0.25) is 0 Å². The van der Waals surface area contributed by atoms with Gasteiger partial charge in [-0.05, 0) is 24.6 Å². The maximum atomic E-state index is 11.6. The van der Waals surface area contributed by atoms with E-state index in [-0.39, 0.29) is 4.90 Å². The van der Waals surface area contributed by atoms with Gasteiger partial charge in [-0.15, -0.1) is 0 Å². The highest BCUT2D eigenvalue weighted by molar-refractivity contribution is 8.06. The molecule has 0 spiro atoms. The topological polar surface area (TPSA) is 140 Å². The normalized spacial score (nSPS) is 14.8. The van der Waals surface area contributed by atoms with Gasteiger partial charge in [-0.1, -0.05) is 12.1 Å². The Kier molecular flexibility index (Phi) is 5.16. The molecular weight excluding hydrogens is 340 g/mol. The Morgan fingerprint density at radius 1 is 1.05 bits per heavy atom. The molecule has 8 nitrogen and oxygen atoms in total. The monoisotopic (exact) mass is 356 g/mol. The third-order valence-electron chi connectivity index (χ3n) is 2.43. The summed E-state index contributed by atoms with van der Waals surface area (Å²) in [6.45, 7) is 1.51. The Morgan fingerprint density at radius 2 is 1.52 bits per heavy atom. The lowest BCUT2D eigenvalue weighted by molar-refractivity contribution is 0.567. The van der Waals surface area contributed by atoms with Crippen molar-refractivity contribution in [3.05, 3.63) is 29.8 Å². The average Bonchev–Trinajstić information content (AvgIpc) is 2.23. The van der Waals surface area contributed by atoms with Crippen LogP contribution in [-0.4, -0.2) is 36.6 Å². The summed E-state index contributed by atoms with van der Waals surface area (Å²) in [5.74, 6) is 0. The quantitative estimate of drug-likeness (QED) is 0.691. The van der Waals surface area contributed by atoms with Gasteiger partial charge in [0.25, 0.3) is 0 Å². The van der Waals surface area contributed by atoms with Crippen LogP contribution in [0.3, 0.4) is 0 Å². The predicted octanol–water partition coefficient (Wildman–Crippen LogP) is -0.683. The van der Waals surface area contributed by atoms with E-state index >= 15 is 0 Å². The number of rotatable bonds is 6. The third-order valence-corrected chi connectivity index (χ3v) is 7.03. The van der Waals surface area contributed by atoms with Crippen molar-refractivity contribution in [2.24, 2.45) is 5.14 Å². The van der Waals surface area contributed by atoms with E-state index in [1.165, 1.54) is 31.2 Å². The largest absolute Gasteiger partial charge is 0.238 e. The first-order valence-electron chi connectivity index (χ1n) is 5.61. The first-order chi connectivity index (χ1) is 9.30. The van der Waals surface area contributed by atoms with Crippen molar-refractivity contribution in [3.8, 4) is 0 Å². The number of benzene rings is 1. The summed E-state index contributed by atoms with van der Waals surface area (Å²) in [4.78, 5) is -0.0996. The summed E-state index contributed by atoms with van der Waals surface area (Å²) in [5.41, 5.74) is 0.472. The first kappa shape index (κ1) is 18.0. The maximum absolute atomic E-state index is 11.6. The summed E-state index contributed by atoms with van der Waals surface area (Å²) in [6, 6.07) is 4.56. The smallest absolute Gasteiger partial charge is 0.228 e. The van der Waals surface area contributed by atoms with Gasteiger partial charge in [-0.25, -0.2) is 35.1 Å². The van der Waals surface area contributed by atoms with Crippen molar-refractivity contribution in [3.63, 3.8) is 0 Å². The van der Waals surface area contributed by atoms with E-state index in [9.17, 15) is 25.3 Å². The minimum Gasteiger partial charge on any atom is -0.228 e. The summed E-state index contributed by atoms with van der Waals surface area (Å²) < 4.78 is 69.7. The fraction of sp³-hybridized carbons (Fsp3) is 0.400. The molecule has 0 bridgehead atoms. The molecule has 120 valence electrons. The molecule has 0 aliphatic carbocycles. The predicted molar refractivity (Wildman–Crippen MR) is 78.0 cm³/mol. The highest BCUT2D eigenvalue weighted by Gasteiger charge is 2.21. The number of hydrogen-bond acceptors (Lipinski definition) is 6. The lowest BCUT2D eigenvalue weighted by atomic mass is 10.1. The minimum absolute atomic E-state index is 0.0996. The maximum Gasteiger partial charge on any atom is 0.238 e. The summed E-state index contributed by atoms with van der Waals surface area (Å²) in [5, 5.41) is 3.93. The zero-order valence-corrected chi connectivity index (χ0v) is 13.8. The van der Waals surface area contributed by atoms with Crippen molar-refractivity contribution in [2.45, 2.75) is 17.9 Å². The third kappa shape index (κ3) is 6.09. The molecule has 0 aliphatic heterocycles. The van der Waals surface area contributed by atoms with Gasteiger partial charge in [0.15, 0.2) is 14.9 Å². The molecular formula is C10H16N2O6S3. The molecule has 1 unspecified atom stereocenters. The number of primary sulfonamides is 1. The molecule has 0 radical (unpaired) electrons. The molecule has 0 aliphatic rings. The molecule has 1 aromatic carbocycles. The van der Waals surface area contributed by atoms with Crippen molar-refractivity contribution in [1.82, 2.24) is 4.72 Å². The van der Waals surface area contributed by atoms with Crippen LogP contribution in [0.25, 0.3) is 0 Å². The van der Waals surface area contributed by atoms with Crippen LogP contribution in [0.1, 0.15) is 18.5 Å². The van der Waals surface area contributed by atoms with Crippen molar-refractivity contribution in [1.29, 1.82) is 0 Å². The molecule has 0 amide bonds. The van der Waals surface area contributed by atoms with Gasteiger partial charge in [-0.3, -0.25) is 0 Å². The first-order valence-corrected chi connectivity index (χ1v) is 10.9. The fourth-order valence-corrected chi connectivity index (χ4v) is 5.32. The second-order valence-corrected chi connectivity index (χ2v) is 10.4. The van der Waals surface area contributed by atoms with Crippen molar-refractivity contribution in [2.75, 3.05) is 11.3 Å². The van der Waals surface area contributed by atoms with E-state index in [0.717, 1.165) is 6.26 Å². The lowest BCUT2D eigenvalue weighted by Crippen LogP contribution is -2.31. The Bertz CT molecular complexity index is 810. The highest BCUT2D eigenvalue weighted by Crippen LogP contribution is 2.16. The van der Waals surface area contributed by atoms with Gasteiger partial charge in [0.05, 0.1) is 4.90 Å². The van der Waals surface area contributed by atoms with Gasteiger partial charge in [0.2, 0.25) is 20.0 Å². The molecule has 0 heterocycles. The Hall–Kier alpha value is -1.01.